The van der Waals surface area contributed by atoms with Gasteiger partial charge in [-0.05, 0) is 36.7 Å². The first-order chi connectivity index (χ1) is 11.8. The normalized spacial score (nSPS) is 11.9. The lowest BCUT2D eigenvalue weighted by atomic mass is 10.1. The van der Waals surface area contributed by atoms with Crippen LogP contribution in [-0.4, -0.2) is 27.4 Å². The SMILES string of the molecule is Cc1ncc2c(/N=N/c3ccc(O)c(S(=O)(=O)O)c3)snc2c1C#N. The van der Waals surface area contributed by atoms with Crippen LogP contribution in [0.4, 0.5) is 10.7 Å². The molecule has 11 heteroatoms. The van der Waals surface area contributed by atoms with Gasteiger partial charge in [0, 0.05) is 6.20 Å². The Kier molecular flexibility index (Phi) is 4.17. The van der Waals surface area contributed by atoms with E-state index >= 15 is 0 Å². The summed E-state index contributed by atoms with van der Waals surface area (Å²) in [6.45, 7) is 1.70. The van der Waals surface area contributed by atoms with Gasteiger partial charge >= 0.3 is 0 Å². The van der Waals surface area contributed by atoms with Crippen molar-refractivity contribution in [1.29, 1.82) is 5.26 Å². The van der Waals surface area contributed by atoms with Crippen molar-refractivity contribution < 1.29 is 18.1 Å². The number of pyridine rings is 1. The highest BCUT2D eigenvalue weighted by Crippen LogP contribution is 2.34. The molecule has 0 aliphatic heterocycles. The molecule has 1 aromatic carbocycles. The number of aromatic nitrogens is 2. The van der Waals surface area contributed by atoms with Crippen LogP contribution in [-0.2, 0) is 10.1 Å². The Hall–Kier alpha value is -2.94. The van der Waals surface area contributed by atoms with Crippen LogP contribution in [0.3, 0.4) is 0 Å². The van der Waals surface area contributed by atoms with E-state index in [1.807, 2.05) is 6.07 Å². The summed E-state index contributed by atoms with van der Waals surface area (Å²) in [5.74, 6) is -0.594. The van der Waals surface area contributed by atoms with Crippen molar-refractivity contribution in [1.82, 2.24) is 9.36 Å². The molecular formula is C14H9N5O4S2. The first-order valence-electron chi connectivity index (χ1n) is 6.68. The van der Waals surface area contributed by atoms with Crippen molar-refractivity contribution in [3.05, 3.63) is 35.7 Å². The summed E-state index contributed by atoms with van der Waals surface area (Å²) in [5.41, 5.74) is 1.49. The minimum absolute atomic E-state index is 0.104. The number of fused-ring (bicyclic) bond motifs is 1. The van der Waals surface area contributed by atoms with Crippen LogP contribution in [0.5, 0.6) is 5.75 Å². The van der Waals surface area contributed by atoms with Crippen LogP contribution in [0.15, 0.2) is 39.5 Å². The van der Waals surface area contributed by atoms with Gasteiger partial charge in [0.15, 0.2) is 5.00 Å². The van der Waals surface area contributed by atoms with Gasteiger partial charge in [-0.15, -0.1) is 10.2 Å². The van der Waals surface area contributed by atoms with Crippen molar-refractivity contribution in [2.45, 2.75) is 11.8 Å². The molecule has 2 aromatic heterocycles. The molecule has 9 nitrogen and oxygen atoms in total. The van der Waals surface area contributed by atoms with Crippen molar-refractivity contribution in [3.8, 4) is 11.8 Å². The maximum Gasteiger partial charge on any atom is 0.298 e. The third-order valence-electron chi connectivity index (χ3n) is 3.28. The number of phenols is 1. The van der Waals surface area contributed by atoms with Gasteiger partial charge in [0.25, 0.3) is 10.1 Å². The summed E-state index contributed by atoms with van der Waals surface area (Å²) in [7, 11) is -4.58. The number of hydrogen-bond donors (Lipinski definition) is 2. The molecule has 0 fully saturated rings. The lowest BCUT2D eigenvalue weighted by Crippen LogP contribution is -1.97. The smallest absolute Gasteiger partial charge is 0.298 e. The zero-order chi connectivity index (χ0) is 18.2. The molecule has 0 bridgehead atoms. The molecule has 0 saturated heterocycles. The highest BCUT2D eigenvalue weighted by Gasteiger charge is 2.16. The van der Waals surface area contributed by atoms with E-state index in [1.54, 1.807) is 6.92 Å². The Balaban J connectivity index is 2.04. The molecule has 0 unspecified atom stereocenters. The minimum atomic E-state index is -4.58. The van der Waals surface area contributed by atoms with Gasteiger partial charge in [0.05, 0.1) is 16.8 Å². The third kappa shape index (κ3) is 3.18. The van der Waals surface area contributed by atoms with Crippen molar-refractivity contribution in [3.63, 3.8) is 0 Å². The molecule has 0 spiro atoms. The molecule has 126 valence electrons. The van der Waals surface area contributed by atoms with E-state index in [1.165, 1.54) is 12.3 Å². The van der Waals surface area contributed by atoms with Gasteiger partial charge in [-0.25, -0.2) is 0 Å². The fourth-order valence-corrected chi connectivity index (χ4v) is 3.36. The second kappa shape index (κ2) is 6.17. The van der Waals surface area contributed by atoms with Gasteiger partial charge in [-0.2, -0.15) is 18.1 Å². The lowest BCUT2D eigenvalue weighted by molar-refractivity contribution is 0.443. The van der Waals surface area contributed by atoms with Gasteiger partial charge in [0.1, 0.15) is 27.8 Å². The first kappa shape index (κ1) is 16.9. The molecule has 2 heterocycles. The number of benzene rings is 1. The molecule has 3 rings (SSSR count). The Bertz CT molecular complexity index is 1160. The molecule has 3 aromatic rings. The second-order valence-corrected chi connectivity index (χ2v) is 7.05. The van der Waals surface area contributed by atoms with Crippen LogP contribution in [0.25, 0.3) is 10.9 Å². The molecule has 25 heavy (non-hydrogen) atoms. The molecular weight excluding hydrogens is 366 g/mol. The largest absolute Gasteiger partial charge is 0.506 e. The zero-order valence-corrected chi connectivity index (χ0v) is 14.2. The highest BCUT2D eigenvalue weighted by molar-refractivity contribution is 7.86. The fraction of sp³-hybridized carbons (Fsp3) is 0.0714. The van der Waals surface area contributed by atoms with Crippen molar-refractivity contribution in [2.75, 3.05) is 0 Å². The molecule has 0 saturated carbocycles. The maximum atomic E-state index is 11.2. The van der Waals surface area contributed by atoms with Gasteiger partial charge < -0.3 is 5.11 Å². The number of azo groups is 1. The average molecular weight is 375 g/mol. The summed E-state index contributed by atoms with van der Waals surface area (Å²) in [6.07, 6.45) is 1.53. The van der Waals surface area contributed by atoms with Gasteiger partial charge in [0.2, 0.25) is 0 Å². The predicted octanol–water partition coefficient (Wildman–Crippen LogP) is 3.24. The van der Waals surface area contributed by atoms with E-state index in [0.717, 1.165) is 23.7 Å². The number of aryl methyl sites for hydroxylation is 1. The van der Waals surface area contributed by atoms with E-state index in [0.29, 0.717) is 27.2 Å². The average Bonchev–Trinajstić information content (AvgIpc) is 2.96. The minimum Gasteiger partial charge on any atom is -0.506 e. The van der Waals surface area contributed by atoms with E-state index in [9.17, 15) is 18.8 Å². The topological polar surface area (TPSA) is 149 Å². The molecule has 0 atom stereocenters. The maximum absolute atomic E-state index is 11.2. The van der Waals surface area contributed by atoms with Crippen LogP contribution in [0.2, 0.25) is 0 Å². The van der Waals surface area contributed by atoms with Gasteiger partial charge in [-0.3, -0.25) is 9.54 Å². The molecule has 0 amide bonds. The number of phenolic OH excluding ortho intramolecular Hbond substituents is 1. The van der Waals surface area contributed by atoms with Gasteiger partial charge in [-0.1, -0.05) is 0 Å². The predicted molar refractivity (Wildman–Crippen MR) is 89.0 cm³/mol. The second-order valence-electron chi connectivity index (χ2n) is 4.91. The van der Waals surface area contributed by atoms with Crippen LogP contribution >= 0.6 is 11.5 Å². The Labute approximate surface area is 145 Å². The lowest BCUT2D eigenvalue weighted by Gasteiger charge is -2.01. The van der Waals surface area contributed by atoms with Crippen LogP contribution < -0.4 is 0 Å². The summed E-state index contributed by atoms with van der Waals surface area (Å²) >= 11 is 1.01. The molecule has 0 aliphatic rings. The Morgan fingerprint density at radius 1 is 1.32 bits per heavy atom. The molecule has 2 N–H and O–H groups in total. The highest BCUT2D eigenvalue weighted by atomic mass is 32.2. The summed E-state index contributed by atoms with van der Waals surface area (Å²) in [6, 6.07) is 5.45. The van der Waals surface area contributed by atoms with E-state index in [2.05, 4.69) is 19.6 Å². The number of rotatable bonds is 3. The summed E-state index contributed by atoms with van der Waals surface area (Å²) in [5, 5.41) is 27.5. The number of nitrogens with zero attached hydrogens (tertiary/aromatic N) is 5. The standard InChI is InChI=1S/C14H9N5O4S2/c1-7-9(5-15)13-10(6-16-7)14(24-19-13)18-17-8-2-3-11(20)12(4-8)25(21,22)23/h2-4,6,20H,1H3,(H,21,22,23)/b18-17+. The van der Waals surface area contributed by atoms with Crippen LogP contribution in [0, 0.1) is 18.3 Å². The van der Waals surface area contributed by atoms with E-state index < -0.39 is 20.8 Å². The number of hydrogen-bond acceptors (Lipinski definition) is 9. The third-order valence-corrected chi connectivity index (χ3v) is 4.92. The molecule has 0 radical (unpaired) electrons. The van der Waals surface area contributed by atoms with E-state index in [4.69, 9.17) is 4.55 Å². The van der Waals surface area contributed by atoms with E-state index in [-0.39, 0.29) is 5.69 Å². The zero-order valence-electron chi connectivity index (χ0n) is 12.6. The van der Waals surface area contributed by atoms with Crippen molar-refractivity contribution in [2.24, 2.45) is 10.2 Å². The fourth-order valence-electron chi connectivity index (χ4n) is 2.06. The monoisotopic (exact) mass is 375 g/mol. The summed E-state index contributed by atoms with van der Waals surface area (Å²) in [4.78, 5) is 3.46. The first-order valence-corrected chi connectivity index (χ1v) is 8.90. The molecule has 0 aliphatic carbocycles. The number of nitriles is 1. The number of aromatic hydroxyl groups is 1. The van der Waals surface area contributed by atoms with Crippen LogP contribution in [0.1, 0.15) is 11.3 Å². The van der Waals surface area contributed by atoms with Crippen molar-refractivity contribution >= 4 is 43.2 Å². The Morgan fingerprint density at radius 2 is 2.08 bits per heavy atom. The quantitative estimate of drug-likeness (QED) is 0.527. The summed E-state index contributed by atoms with van der Waals surface area (Å²) < 4.78 is 35.6. The Morgan fingerprint density at radius 3 is 2.76 bits per heavy atom.